The van der Waals surface area contributed by atoms with Crippen molar-refractivity contribution in [3.05, 3.63) is 9.53 Å². The first-order valence-corrected chi connectivity index (χ1v) is 4.83. The Morgan fingerprint density at radius 1 is 1.56 bits per heavy atom. The van der Waals surface area contributed by atoms with Gasteiger partial charge in [-0.15, -0.1) is 0 Å². The molecule has 0 aliphatic rings. The zero-order valence-electron chi connectivity index (χ0n) is 4.93. The van der Waals surface area contributed by atoms with Gasteiger partial charge in [-0.2, -0.15) is 0 Å². The van der Waals surface area contributed by atoms with Crippen molar-refractivity contribution >= 4 is 45.2 Å². The van der Waals surface area contributed by atoms with E-state index in [2.05, 4.69) is 22.6 Å². The summed E-state index contributed by atoms with van der Waals surface area (Å²) in [4.78, 5) is 0. The topological polar surface area (TPSA) is 40.5 Å². The van der Waals surface area contributed by atoms with Crippen LogP contribution in [0.25, 0.3) is 0 Å². The van der Waals surface area contributed by atoms with Gasteiger partial charge in [0, 0.05) is 3.92 Å². The fraction of sp³-hybridized carbons (Fsp3) is 0.600. The second-order valence-electron chi connectivity index (χ2n) is 1.55. The van der Waals surface area contributed by atoms with Crippen molar-refractivity contribution in [2.24, 2.45) is 0 Å². The molecule has 1 atom stereocenters. The zero-order valence-corrected chi connectivity index (χ0v) is 9.25. The molecular weight excluding hydrogens is 346 g/mol. The van der Waals surface area contributed by atoms with E-state index in [1.807, 2.05) is 29.5 Å². The Morgan fingerprint density at radius 3 is 2.11 bits per heavy atom. The van der Waals surface area contributed by atoms with Crippen LogP contribution < -0.4 is 0 Å². The number of allylic oxidation sites excluding steroid dienone is 1. The largest absolute Gasteiger partial charge is 0.481 e. The minimum absolute atomic E-state index is 0.230. The van der Waals surface area contributed by atoms with Gasteiger partial charge in [0.1, 0.15) is 0 Å². The van der Waals surface area contributed by atoms with Gasteiger partial charge in [-0.05, 0) is 29.0 Å². The van der Waals surface area contributed by atoms with Crippen molar-refractivity contribution in [1.82, 2.24) is 0 Å². The lowest BCUT2D eigenvalue weighted by atomic mass is 10.3. The van der Waals surface area contributed by atoms with Gasteiger partial charge < -0.3 is 10.2 Å². The normalized spacial score (nSPS) is 12.8. The highest BCUT2D eigenvalue weighted by molar-refractivity contribution is 14.1. The molecule has 0 aliphatic carbocycles. The van der Waals surface area contributed by atoms with Crippen molar-refractivity contribution in [2.45, 2.75) is 17.3 Å². The fourth-order valence-corrected chi connectivity index (χ4v) is 1.04. The Labute approximate surface area is 81.6 Å². The van der Waals surface area contributed by atoms with Crippen molar-refractivity contribution in [1.29, 1.82) is 0 Å². The smallest absolute Gasteiger partial charge is 0.284 e. The molecule has 4 heteroatoms. The maximum Gasteiger partial charge on any atom is 0.284 e. The fourth-order valence-electron chi connectivity index (χ4n) is 0.319. The maximum atomic E-state index is 8.55. The molecule has 1 unspecified atom stereocenters. The molecule has 0 saturated carbocycles. The van der Waals surface area contributed by atoms with Crippen LogP contribution in [0.3, 0.4) is 0 Å². The summed E-state index contributed by atoms with van der Waals surface area (Å²) < 4.78 is 0.851. The Kier molecular flexibility index (Phi) is 5.00. The van der Waals surface area contributed by atoms with Crippen LogP contribution in [-0.4, -0.2) is 14.1 Å². The van der Waals surface area contributed by atoms with E-state index in [0.717, 1.165) is 6.42 Å². The van der Waals surface area contributed by atoms with Crippen LogP contribution >= 0.6 is 45.2 Å². The number of hydrogen-bond donors (Lipinski definition) is 2. The van der Waals surface area contributed by atoms with Crippen molar-refractivity contribution < 1.29 is 10.2 Å². The predicted molar refractivity (Wildman–Crippen MR) is 54.4 cm³/mol. The third-order valence-corrected chi connectivity index (χ3v) is 4.78. The molecule has 0 aliphatic heterocycles. The lowest BCUT2D eigenvalue weighted by molar-refractivity contribution is 0.188. The van der Waals surface area contributed by atoms with Crippen LogP contribution in [0.15, 0.2) is 9.53 Å². The van der Waals surface area contributed by atoms with Gasteiger partial charge >= 0.3 is 0 Å². The van der Waals surface area contributed by atoms with Crippen molar-refractivity contribution in [3.63, 3.8) is 0 Å². The van der Waals surface area contributed by atoms with Crippen LogP contribution in [0, 0.1) is 0 Å². The van der Waals surface area contributed by atoms with E-state index in [0.29, 0.717) is 3.58 Å². The van der Waals surface area contributed by atoms with Crippen LogP contribution in [0.1, 0.15) is 13.3 Å². The molecule has 0 saturated heterocycles. The van der Waals surface area contributed by atoms with E-state index in [1.54, 1.807) is 0 Å². The Hall–Kier alpha value is 0.800. The molecule has 2 N–H and O–H groups in total. The average Bonchev–Trinajstić information content (AvgIpc) is 1.84. The SMILES string of the molecule is CCC(I)C(I)=C(O)O. The summed E-state index contributed by atoms with van der Waals surface area (Å²) in [5, 5.41) is 17.1. The predicted octanol–water partition coefficient (Wildman–Crippen LogP) is 2.92. The second-order valence-corrected chi connectivity index (χ2v) is 4.21. The lowest BCUT2D eigenvalue weighted by Crippen LogP contribution is -1.97. The highest BCUT2D eigenvalue weighted by atomic mass is 127. The molecular formula is C5H8I2O2. The Bertz CT molecular complexity index is 118. The molecule has 0 aromatic carbocycles. The number of halogens is 2. The van der Waals surface area contributed by atoms with Gasteiger partial charge in [0.25, 0.3) is 5.95 Å². The number of alkyl halides is 1. The molecule has 0 rings (SSSR count). The van der Waals surface area contributed by atoms with Gasteiger partial charge in [-0.1, -0.05) is 29.5 Å². The zero-order chi connectivity index (χ0) is 7.44. The summed E-state index contributed by atoms with van der Waals surface area (Å²) in [5.74, 6) is -0.545. The van der Waals surface area contributed by atoms with E-state index in [4.69, 9.17) is 10.2 Å². The number of aliphatic hydroxyl groups excluding tert-OH is 1. The first-order chi connectivity index (χ1) is 4.09. The van der Waals surface area contributed by atoms with Gasteiger partial charge in [0.2, 0.25) is 0 Å². The van der Waals surface area contributed by atoms with E-state index in [-0.39, 0.29) is 3.92 Å². The van der Waals surface area contributed by atoms with Crippen LogP contribution in [0.2, 0.25) is 0 Å². The lowest BCUT2D eigenvalue weighted by Gasteiger charge is -2.03. The summed E-state index contributed by atoms with van der Waals surface area (Å²) in [5.41, 5.74) is 0. The van der Waals surface area contributed by atoms with Gasteiger partial charge in [-0.25, -0.2) is 0 Å². The number of aliphatic hydroxyl groups is 2. The van der Waals surface area contributed by atoms with Gasteiger partial charge in [-0.3, -0.25) is 0 Å². The first kappa shape index (κ1) is 9.80. The third-order valence-electron chi connectivity index (χ3n) is 0.847. The van der Waals surface area contributed by atoms with Crippen molar-refractivity contribution in [3.8, 4) is 0 Å². The minimum atomic E-state index is -0.545. The number of hydrogen-bond acceptors (Lipinski definition) is 2. The molecule has 0 radical (unpaired) electrons. The first-order valence-electron chi connectivity index (χ1n) is 2.51. The van der Waals surface area contributed by atoms with Gasteiger partial charge in [0.05, 0.1) is 3.58 Å². The molecule has 0 aromatic rings. The molecule has 9 heavy (non-hydrogen) atoms. The summed E-state index contributed by atoms with van der Waals surface area (Å²) in [7, 11) is 0. The van der Waals surface area contributed by atoms with Crippen LogP contribution in [0.4, 0.5) is 0 Å². The quantitative estimate of drug-likeness (QED) is 0.455. The molecule has 0 fully saturated rings. The molecule has 0 heterocycles. The maximum absolute atomic E-state index is 8.55. The highest BCUT2D eigenvalue weighted by Crippen LogP contribution is 2.23. The summed E-state index contributed by atoms with van der Waals surface area (Å²) in [6.07, 6.45) is 0.920. The van der Waals surface area contributed by atoms with E-state index in [1.165, 1.54) is 0 Å². The molecule has 0 amide bonds. The van der Waals surface area contributed by atoms with E-state index in [9.17, 15) is 0 Å². The Balaban J connectivity index is 4.02. The minimum Gasteiger partial charge on any atom is -0.481 e. The Morgan fingerprint density at radius 2 is 2.00 bits per heavy atom. The standard InChI is InChI=1S/C5H8I2O2/c1-2-3(6)4(7)5(8)9/h3,8-9H,2H2,1H3. The second kappa shape index (κ2) is 4.59. The number of rotatable bonds is 2. The molecule has 54 valence electrons. The molecule has 0 aromatic heterocycles. The molecule has 0 bridgehead atoms. The van der Waals surface area contributed by atoms with Crippen LogP contribution in [0.5, 0.6) is 0 Å². The van der Waals surface area contributed by atoms with E-state index >= 15 is 0 Å². The molecule has 0 spiro atoms. The summed E-state index contributed by atoms with van der Waals surface area (Å²) in [6.45, 7) is 2.00. The van der Waals surface area contributed by atoms with Gasteiger partial charge in [0.15, 0.2) is 0 Å². The highest BCUT2D eigenvalue weighted by Gasteiger charge is 2.09. The third kappa shape index (κ3) is 3.49. The average molecular weight is 354 g/mol. The van der Waals surface area contributed by atoms with Crippen LogP contribution in [-0.2, 0) is 0 Å². The summed E-state index contributed by atoms with van der Waals surface area (Å²) >= 11 is 4.09. The monoisotopic (exact) mass is 354 g/mol. The molecule has 2 nitrogen and oxygen atoms in total. The summed E-state index contributed by atoms with van der Waals surface area (Å²) in [6, 6.07) is 0. The van der Waals surface area contributed by atoms with E-state index < -0.39 is 5.95 Å². The van der Waals surface area contributed by atoms with Crippen molar-refractivity contribution in [2.75, 3.05) is 0 Å².